The molecular weight excluding hydrogens is 370 g/mol. The number of para-hydroxylation sites is 1. The second-order valence-corrected chi connectivity index (χ2v) is 8.30. The lowest BCUT2D eigenvalue weighted by Gasteiger charge is -2.27. The zero-order valence-corrected chi connectivity index (χ0v) is 15.8. The van der Waals surface area contributed by atoms with Crippen LogP contribution in [-0.2, 0) is 13.0 Å². The molecular formula is C21H21N5O3. The van der Waals surface area contributed by atoms with Gasteiger partial charge in [-0.15, -0.1) is 0 Å². The molecule has 1 aliphatic carbocycles. The number of H-pyrrole nitrogens is 2. The number of aliphatic hydroxyl groups excluding tert-OH is 1. The van der Waals surface area contributed by atoms with Crippen LogP contribution in [0.25, 0.3) is 10.9 Å². The Morgan fingerprint density at radius 2 is 1.90 bits per heavy atom. The lowest BCUT2D eigenvalue weighted by molar-refractivity contribution is 0.0706. The minimum absolute atomic E-state index is 0.0722. The topological polar surface area (TPSA) is 105 Å². The van der Waals surface area contributed by atoms with Gasteiger partial charge in [-0.2, -0.15) is 5.10 Å². The molecule has 3 N–H and O–H groups in total. The molecule has 2 aromatic heterocycles. The molecule has 2 fully saturated rings. The standard InChI is InChI=1S/C21H21N5O3/c27-19-12-8-26(9-13(12)19)21(29)18-14-10-25(6-5-16(14)23-24-18)20(28)17-7-11-3-1-2-4-15(11)22-17/h1-4,7,12-13,19,22,27H,5-6,8-10H2,(H,23,24). The second-order valence-electron chi connectivity index (χ2n) is 8.30. The highest BCUT2D eigenvalue weighted by atomic mass is 16.3. The Balaban J connectivity index is 1.24. The number of carbonyl (C=O) groups excluding carboxylic acids is 2. The maximum Gasteiger partial charge on any atom is 0.274 e. The molecule has 3 aliphatic rings. The Hall–Kier alpha value is -3.13. The maximum absolute atomic E-state index is 13.1. The molecule has 4 heterocycles. The molecule has 29 heavy (non-hydrogen) atoms. The fourth-order valence-electron chi connectivity index (χ4n) is 4.81. The first-order chi connectivity index (χ1) is 14.1. The van der Waals surface area contributed by atoms with Crippen molar-refractivity contribution in [2.75, 3.05) is 19.6 Å². The van der Waals surface area contributed by atoms with E-state index in [2.05, 4.69) is 15.2 Å². The van der Waals surface area contributed by atoms with Gasteiger partial charge in [-0.3, -0.25) is 14.7 Å². The van der Waals surface area contributed by atoms with Gasteiger partial charge < -0.3 is 19.9 Å². The van der Waals surface area contributed by atoms with Gasteiger partial charge in [0.15, 0.2) is 5.69 Å². The number of nitrogens with one attached hydrogen (secondary N) is 2. The largest absolute Gasteiger partial charge is 0.392 e. The van der Waals surface area contributed by atoms with E-state index in [0.717, 1.165) is 22.2 Å². The monoisotopic (exact) mass is 391 g/mol. The number of aliphatic hydroxyl groups is 1. The zero-order valence-electron chi connectivity index (χ0n) is 15.8. The van der Waals surface area contributed by atoms with E-state index in [1.165, 1.54) is 0 Å². The van der Waals surface area contributed by atoms with Crippen LogP contribution in [0.2, 0.25) is 0 Å². The number of hydrogen-bond acceptors (Lipinski definition) is 4. The molecule has 8 heteroatoms. The van der Waals surface area contributed by atoms with Crippen molar-refractivity contribution >= 4 is 22.7 Å². The van der Waals surface area contributed by atoms with Crippen LogP contribution in [0.15, 0.2) is 30.3 Å². The summed E-state index contributed by atoms with van der Waals surface area (Å²) in [4.78, 5) is 32.8. The van der Waals surface area contributed by atoms with Crippen molar-refractivity contribution in [3.8, 4) is 0 Å². The number of aromatic nitrogens is 3. The third kappa shape index (κ3) is 2.52. The third-order valence-electron chi connectivity index (χ3n) is 6.62. The molecule has 148 valence electrons. The van der Waals surface area contributed by atoms with Crippen molar-refractivity contribution in [3.05, 3.63) is 53.0 Å². The van der Waals surface area contributed by atoms with Crippen LogP contribution >= 0.6 is 0 Å². The van der Waals surface area contributed by atoms with Crippen LogP contribution in [0.4, 0.5) is 0 Å². The molecule has 1 saturated heterocycles. The molecule has 6 rings (SSSR count). The smallest absolute Gasteiger partial charge is 0.274 e. The molecule has 3 aromatic rings. The number of amides is 2. The first kappa shape index (κ1) is 16.8. The van der Waals surface area contributed by atoms with Crippen LogP contribution in [-0.4, -0.2) is 67.6 Å². The fraction of sp³-hybridized carbons (Fsp3) is 0.381. The summed E-state index contributed by atoms with van der Waals surface area (Å²) in [5.74, 6) is 0.251. The van der Waals surface area contributed by atoms with Gasteiger partial charge in [0.25, 0.3) is 11.8 Å². The Morgan fingerprint density at radius 1 is 1.10 bits per heavy atom. The van der Waals surface area contributed by atoms with E-state index in [1.54, 1.807) is 9.80 Å². The highest BCUT2D eigenvalue weighted by Gasteiger charge is 2.56. The first-order valence-corrected chi connectivity index (χ1v) is 10.0. The van der Waals surface area contributed by atoms with Crippen molar-refractivity contribution in [2.45, 2.75) is 19.1 Å². The number of likely N-dealkylation sites (tertiary alicyclic amines) is 1. The van der Waals surface area contributed by atoms with Gasteiger partial charge in [-0.1, -0.05) is 18.2 Å². The SMILES string of the molecule is O=C(c1cc2ccccc2[nH]1)N1CCc2[nH]nc(C(=O)N3CC4C(O)C4C3)c2C1. The quantitative estimate of drug-likeness (QED) is 0.609. The van der Waals surface area contributed by atoms with Crippen molar-refractivity contribution < 1.29 is 14.7 Å². The molecule has 2 amide bonds. The van der Waals surface area contributed by atoms with Crippen LogP contribution in [0.5, 0.6) is 0 Å². The number of piperidine rings is 1. The first-order valence-electron chi connectivity index (χ1n) is 10.0. The van der Waals surface area contributed by atoms with Gasteiger partial charge in [0.1, 0.15) is 5.69 Å². The number of benzene rings is 1. The van der Waals surface area contributed by atoms with Crippen LogP contribution in [0, 0.1) is 11.8 Å². The van der Waals surface area contributed by atoms with Crippen LogP contribution < -0.4 is 0 Å². The molecule has 0 radical (unpaired) electrons. The van der Waals surface area contributed by atoms with Gasteiger partial charge in [0, 0.05) is 60.1 Å². The van der Waals surface area contributed by atoms with E-state index < -0.39 is 0 Å². The van der Waals surface area contributed by atoms with Crippen molar-refractivity contribution in [2.24, 2.45) is 11.8 Å². The van der Waals surface area contributed by atoms with Crippen LogP contribution in [0.3, 0.4) is 0 Å². The minimum atomic E-state index is -0.253. The summed E-state index contributed by atoms with van der Waals surface area (Å²) in [6, 6.07) is 9.68. The van der Waals surface area contributed by atoms with Crippen LogP contribution in [0.1, 0.15) is 32.2 Å². The molecule has 2 atom stereocenters. The van der Waals surface area contributed by atoms with Gasteiger partial charge >= 0.3 is 0 Å². The number of rotatable bonds is 2. The van der Waals surface area contributed by atoms with Crippen molar-refractivity contribution in [3.63, 3.8) is 0 Å². The highest BCUT2D eigenvalue weighted by molar-refractivity contribution is 5.98. The number of carbonyl (C=O) groups is 2. The Labute approximate surface area is 166 Å². The summed E-state index contributed by atoms with van der Waals surface area (Å²) in [6.07, 6.45) is 0.391. The number of aromatic amines is 2. The number of fused-ring (bicyclic) bond motifs is 3. The summed E-state index contributed by atoms with van der Waals surface area (Å²) >= 11 is 0. The summed E-state index contributed by atoms with van der Waals surface area (Å²) < 4.78 is 0. The number of nitrogens with zero attached hydrogens (tertiary/aromatic N) is 3. The molecule has 8 nitrogen and oxygen atoms in total. The second kappa shape index (κ2) is 5.93. The molecule has 0 bridgehead atoms. The average Bonchev–Trinajstić information content (AvgIpc) is 3.24. The third-order valence-corrected chi connectivity index (χ3v) is 6.62. The van der Waals surface area contributed by atoms with Gasteiger partial charge in [-0.05, 0) is 12.1 Å². The normalized spacial score (nSPS) is 25.2. The molecule has 2 unspecified atom stereocenters. The summed E-state index contributed by atoms with van der Waals surface area (Å²) in [5, 5.41) is 18.0. The Kier molecular flexibility index (Phi) is 3.44. The van der Waals surface area contributed by atoms with E-state index in [1.807, 2.05) is 30.3 Å². The molecule has 0 spiro atoms. The van der Waals surface area contributed by atoms with Gasteiger partial charge in [0.2, 0.25) is 0 Å². The summed E-state index contributed by atoms with van der Waals surface area (Å²) in [7, 11) is 0. The predicted molar refractivity (Wildman–Crippen MR) is 104 cm³/mol. The zero-order chi connectivity index (χ0) is 19.7. The maximum atomic E-state index is 13.1. The summed E-state index contributed by atoms with van der Waals surface area (Å²) in [6.45, 7) is 2.12. The van der Waals surface area contributed by atoms with E-state index >= 15 is 0 Å². The van der Waals surface area contributed by atoms with E-state index in [0.29, 0.717) is 44.0 Å². The van der Waals surface area contributed by atoms with Crippen molar-refractivity contribution in [1.29, 1.82) is 0 Å². The van der Waals surface area contributed by atoms with Gasteiger partial charge in [-0.25, -0.2) is 0 Å². The minimum Gasteiger partial charge on any atom is -0.392 e. The van der Waals surface area contributed by atoms with E-state index in [9.17, 15) is 14.7 Å². The summed E-state index contributed by atoms with van der Waals surface area (Å²) in [5.41, 5.74) is 3.64. The molecule has 2 aliphatic heterocycles. The lowest BCUT2D eigenvalue weighted by atomic mass is 10.0. The highest BCUT2D eigenvalue weighted by Crippen LogP contribution is 2.45. The average molecular weight is 391 g/mol. The molecule has 1 saturated carbocycles. The number of hydrogen-bond donors (Lipinski definition) is 3. The Morgan fingerprint density at radius 3 is 2.69 bits per heavy atom. The molecule has 1 aromatic carbocycles. The van der Waals surface area contributed by atoms with Crippen molar-refractivity contribution in [1.82, 2.24) is 25.0 Å². The van der Waals surface area contributed by atoms with E-state index in [-0.39, 0.29) is 29.8 Å². The fourth-order valence-corrected chi connectivity index (χ4v) is 4.81. The Bertz CT molecular complexity index is 1100. The van der Waals surface area contributed by atoms with Gasteiger partial charge in [0.05, 0.1) is 12.6 Å². The lowest BCUT2D eigenvalue weighted by Crippen LogP contribution is -2.38. The predicted octanol–water partition coefficient (Wildman–Crippen LogP) is 1.15. The van der Waals surface area contributed by atoms with E-state index in [4.69, 9.17) is 0 Å².